The lowest BCUT2D eigenvalue weighted by Crippen LogP contribution is -1.99. The average molecular weight is 279 g/mol. The third kappa shape index (κ3) is 3.13. The predicted molar refractivity (Wildman–Crippen MR) is 69.7 cm³/mol. The van der Waals surface area contributed by atoms with E-state index in [-0.39, 0.29) is 6.61 Å². The van der Waals surface area contributed by atoms with E-state index in [0.29, 0.717) is 27.2 Å². The van der Waals surface area contributed by atoms with Gasteiger partial charge in [-0.25, -0.2) is 4.98 Å². The molecular formula is C13H8Cl2N2O. The Bertz CT molecular complexity index is 591. The Balaban J connectivity index is 2.07. The Hall–Kier alpha value is -1.76. The van der Waals surface area contributed by atoms with Gasteiger partial charge in [0.2, 0.25) is 0 Å². The first-order chi connectivity index (χ1) is 8.69. The Kier molecular flexibility index (Phi) is 4.03. The fourth-order valence-corrected chi connectivity index (χ4v) is 1.66. The number of ether oxygens (including phenoxy) is 1. The molecule has 3 nitrogen and oxygen atoms in total. The van der Waals surface area contributed by atoms with Gasteiger partial charge in [0.25, 0.3) is 0 Å². The minimum Gasteiger partial charge on any atom is -0.487 e. The maximum Gasteiger partial charge on any atom is 0.132 e. The van der Waals surface area contributed by atoms with Gasteiger partial charge in [0, 0.05) is 0 Å². The molecule has 2 rings (SSSR count). The highest BCUT2D eigenvalue weighted by atomic mass is 35.5. The van der Waals surface area contributed by atoms with Crippen LogP contribution in [0.3, 0.4) is 0 Å². The molecular weight excluding hydrogens is 271 g/mol. The number of hydrogen-bond acceptors (Lipinski definition) is 3. The summed E-state index contributed by atoms with van der Waals surface area (Å²) in [6, 6.07) is 12.1. The molecule has 1 aromatic carbocycles. The highest BCUT2D eigenvalue weighted by Gasteiger charge is 2.04. The summed E-state index contributed by atoms with van der Waals surface area (Å²) >= 11 is 11.7. The van der Waals surface area contributed by atoms with Crippen molar-refractivity contribution < 1.29 is 4.74 Å². The fraction of sp³-hybridized carbons (Fsp3) is 0.0769. The zero-order chi connectivity index (χ0) is 13.0. The summed E-state index contributed by atoms with van der Waals surface area (Å²) in [6.45, 7) is 0.227. The van der Waals surface area contributed by atoms with Crippen LogP contribution in [-0.4, -0.2) is 4.98 Å². The van der Waals surface area contributed by atoms with Crippen LogP contribution in [0.15, 0.2) is 36.4 Å². The largest absolute Gasteiger partial charge is 0.487 e. The van der Waals surface area contributed by atoms with Crippen LogP contribution in [-0.2, 0) is 6.61 Å². The summed E-state index contributed by atoms with van der Waals surface area (Å²) in [5.41, 5.74) is 1.16. The van der Waals surface area contributed by atoms with Crippen LogP contribution in [0.4, 0.5) is 0 Å². The van der Waals surface area contributed by atoms with Crippen molar-refractivity contribution in [2.45, 2.75) is 6.61 Å². The molecule has 2 aromatic rings. The van der Waals surface area contributed by atoms with E-state index in [1.54, 1.807) is 36.4 Å². The van der Waals surface area contributed by atoms with Gasteiger partial charge in [-0.05, 0) is 36.4 Å². The smallest absolute Gasteiger partial charge is 0.132 e. The molecule has 0 aliphatic carbocycles. The number of pyridine rings is 1. The maximum atomic E-state index is 8.67. The van der Waals surface area contributed by atoms with Crippen molar-refractivity contribution in [2.75, 3.05) is 0 Å². The van der Waals surface area contributed by atoms with Gasteiger partial charge in [-0.15, -0.1) is 0 Å². The predicted octanol–water partition coefficient (Wildman–Crippen LogP) is 3.84. The second kappa shape index (κ2) is 5.72. The third-order valence-corrected chi connectivity index (χ3v) is 2.80. The van der Waals surface area contributed by atoms with Crippen LogP contribution in [0.25, 0.3) is 0 Å². The molecule has 1 aromatic heterocycles. The SMILES string of the molecule is N#Cc1ccc(OCc2nc(Cl)ccc2Cl)cc1. The maximum absolute atomic E-state index is 8.67. The summed E-state index contributed by atoms with van der Waals surface area (Å²) in [7, 11) is 0. The van der Waals surface area contributed by atoms with Gasteiger partial charge in [-0.1, -0.05) is 23.2 Å². The van der Waals surface area contributed by atoms with Gasteiger partial charge < -0.3 is 4.74 Å². The normalized spacial score (nSPS) is 9.83. The molecule has 0 saturated carbocycles. The van der Waals surface area contributed by atoms with Crippen molar-refractivity contribution in [1.29, 1.82) is 5.26 Å². The monoisotopic (exact) mass is 278 g/mol. The Morgan fingerprint density at radius 3 is 2.50 bits per heavy atom. The average Bonchev–Trinajstić information content (AvgIpc) is 2.40. The quantitative estimate of drug-likeness (QED) is 0.802. The fourth-order valence-electron chi connectivity index (χ4n) is 1.34. The number of nitrogens with zero attached hydrogens (tertiary/aromatic N) is 2. The van der Waals surface area contributed by atoms with Crippen molar-refractivity contribution in [2.24, 2.45) is 0 Å². The number of halogens is 2. The van der Waals surface area contributed by atoms with Gasteiger partial charge in [0.05, 0.1) is 22.3 Å². The third-order valence-electron chi connectivity index (χ3n) is 2.24. The van der Waals surface area contributed by atoms with E-state index in [0.717, 1.165) is 0 Å². The van der Waals surface area contributed by atoms with Gasteiger partial charge in [0.1, 0.15) is 17.5 Å². The summed E-state index contributed by atoms with van der Waals surface area (Å²) in [5.74, 6) is 0.645. The molecule has 0 bridgehead atoms. The Morgan fingerprint density at radius 1 is 1.11 bits per heavy atom. The van der Waals surface area contributed by atoms with Crippen molar-refractivity contribution >= 4 is 23.2 Å². The number of rotatable bonds is 3. The Morgan fingerprint density at radius 2 is 1.83 bits per heavy atom. The number of aromatic nitrogens is 1. The van der Waals surface area contributed by atoms with Crippen LogP contribution < -0.4 is 4.74 Å². The van der Waals surface area contributed by atoms with Gasteiger partial charge >= 0.3 is 0 Å². The lowest BCUT2D eigenvalue weighted by Gasteiger charge is -2.07. The summed E-state index contributed by atoms with van der Waals surface area (Å²) in [6.07, 6.45) is 0. The van der Waals surface area contributed by atoms with E-state index in [1.165, 1.54) is 0 Å². The molecule has 0 radical (unpaired) electrons. The molecule has 0 atom stereocenters. The van der Waals surface area contributed by atoms with Crippen LogP contribution in [0.5, 0.6) is 5.75 Å². The molecule has 0 N–H and O–H groups in total. The second-order valence-corrected chi connectivity index (χ2v) is 4.28. The van der Waals surface area contributed by atoms with Crippen LogP contribution in [0.2, 0.25) is 10.2 Å². The van der Waals surface area contributed by atoms with Crippen LogP contribution in [0.1, 0.15) is 11.3 Å². The van der Waals surface area contributed by atoms with Crippen molar-refractivity contribution in [3.05, 3.63) is 57.8 Å². The molecule has 0 fully saturated rings. The minimum atomic E-state index is 0.227. The summed E-state index contributed by atoms with van der Waals surface area (Å²) < 4.78 is 5.51. The first-order valence-electron chi connectivity index (χ1n) is 5.13. The highest BCUT2D eigenvalue weighted by molar-refractivity contribution is 6.32. The van der Waals surface area contributed by atoms with Gasteiger partial charge in [0.15, 0.2) is 0 Å². The second-order valence-electron chi connectivity index (χ2n) is 3.49. The molecule has 0 spiro atoms. The van der Waals surface area contributed by atoms with E-state index >= 15 is 0 Å². The number of hydrogen-bond donors (Lipinski definition) is 0. The zero-order valence-electron chi connectivity index (χ0n) is 9.23. The van der Waals surface area contributed by atoms with Gasteiger partial charge in [-0.2, -0.15) is 5.26 Å². The molecule has 0 aliphatic rings. The summed E-state index contributed by atoms with van der Waals surface area (Å²) in [4.78, 5) is 4.08. The van der Waals surface area contributed by atoms with Crippen molar-refractivity contribution in [3.63, 3.8) is 0 Å². The molecule has 0 unspecified atom stereocenters. The molecule has 0 amide bonds. The van der Waals surface area contributed by atoms with Crippen LogP contribution in [0, 0.1) is 11.3 Å². The zero-order valence-corrected chi connectivity index (χ0v) is 10.7. The van der Waals surface area contributed by atoms with Gasteiger partial charge in [-0.3, -0.25) is 0 Å². The molecule has 1 heterocycles. The van der Waals surface area contributed by atoms with E-state index < -0.39 is 0 Å². The molecule has 5 heteroatoms. The molecule has 18 heavy (non-hydrogen) atoms. The van der Waals surface area contributed by atoms with Crippen LogP contribution >= 0.6 is 23.2 Å². The molecule has 0 aliphatic heterocycles. The summed E-state index contributed by atoms with van der Waals surface area (Å²) in [5, 5.41) is 9.55. The van der Waals surface area contributed by atoms with E-state index in [4.69, 9.17) is 33.2 Å². The van der Waals surface area contributed by atoms with Crippen molar-refractivity contribution in [3.8, 4) is 11.8 Å². The highest BCUT2D eigenvalue weighted by Crippen LogP contribution is 2.19. The first-order valence-corrected chi connectivity index (χ1v) is 5.88. The minimum absolute atomic E-state index is 0.227. The lowest BCUT2D eigenvalue weighted by atomic mass is 10.2. The lowest BCUT2D eigenvalue weighted by molar-refractivity contribution is 0.301. The Labute approximate surface area is 115 Å². The van der Waals surface area contributed by atoms with Crippen molar-refractivity contribution in [1.82, 2.24) is 4.98 Å². The first kappa shape index (κ1) is 12.7. The molecule has 0 saturated heterocycles. The standard InChI is InChI=1S/C13H8Cl2N2O/c14-11-5-6-13(15)17-12(11)8-18-10-3-1-9(7-16)2-4-10/h1-6H,8H2. The van der Waals surface area contributed by atoms with E-state index in [9.17, 15) is 0 Å². The molecule has 90 valence electrons. The number of nitriles is 1. The van der Waals surface area contributed by atoms with E-state index in [2.05, 4.69) is 4.98 Å². The topological polar surface area (TPSA) is 45.9 Å². The number of benzene rings is 1. The van der Waals surface area contributed by atoms with E-state index in [1.807, 2.05) is 6.07 Å².